The maximum absolute atomic E-state index is 10.6. The average molecular weight is 311 g/mol. The largest absolute Gasteiger partial charge is 0.368 e. The number of aromatic nitrogens is 3. The zero-order valence-electron chi connectivity index (χ0n) is 12.5. The number of allylic oxidation sites excluding steroid dienone is 1. The molecule has 0 atom stereocenters. The molecule has 0 radical (unpaired) electrons. The molecule has 2 aromatic rings. The summed E-state index contributed by atoms with van der Waals surface area (Å²) in [7, 11) is 3.48. The van der Waals surface area contributed by atoms with E-state index in [0.717, 1.165) is 0 Å². The van der Waals surface area contributed by atoms with E-state index < -0.39 is 4.92 Å². The van der Waals surface area contributed by atoms with Gasteiger partial charge in [-0.3, -0.25) is 10.1 Å². The maximum Gasteiger partial charge on any atom is 0.269 e. The molecule has 0 unspecified atom stereocenters. The first-order valence-electron chi connectivity index (χ1n) is 6.46. The van der Waals surface area contributed by atoms with Gasteiger partial charge in [-0.1, -0.05) is 0 Å². The highest BCUT2D eigenvalue weighted by molar-refractivity contribution is 5.87. The second kappa shape index (κ2) is 6.48. The van der Waals surface area contributed by atoms with Crippen molar-refractivity contribution in [3.63, 3.8) is 0 Å². The smallest absolute Gasteiger partial charge is 0.269 e. The maximum atomic E-state index is 10.6. The van der Waals surface area contributed by atoms with Crippen molar-refractivity contribution in [2.75, 3.05) is 24.7 Å². The van der Waals surface area contributed by atoms with Crippen molar-refractivity contribution in [1.82, 2.24) is 15.0 Å². The highest BCUT2D eigenvalue weighted by Crippen LogP contribution is 2.19. The molecule has 1 heterocycles. The van der Waals surface area contributed by atoms with E-state index in [1.807, 2.05) is 6.07 Å². The van der Waals surface area contributed by atoms with Crippen LogP contribution in [0.15, 0.2) is 24.3 Å². The Morgan fingerprint density at radius 2 is 1.96 bits per heavy atom. The number of nitro benzene ring substituents is 1. The van der Waals surface area contributed by atoms with Crippen molar-refractivity contribution in [3.05, 3.63) is 45.8 Å². The normalized spacial score (nSPS) is 10.9. The minimum absolute atomic E-state index is 0.00329. The molecular weight excluding hydrogens is 298 g/mol. The molecule has 0 saturated heterocycles. The van der Waals surface area contributed by atoms with E-state index in [-0.39, 0.29) is 23.0 Å². The lowest BCUT2D eigenvalue weighted by Crippen LogP contribution is -2.15. The summed E-state index contributed by atoms with van der Waals surface area (Å²) in [5.74, 6) is 0.475. The van der Waals surface area contributed by atoms with Crippen molar-refractivity contribution in [2.24, 2.45) is 0 Å². The van der Waals surface area contributed by atoms with Crippen LogP contribution < -0.4 is 10.6 Å². The van der Waals surface area contributed by atoms with Crippen LogP contribution in [-0.4, -0.2) is 34.0 Å². The lowest BCUT2D eigenvalue weighted by molar-refractivity contribution is -0.384. The molecule has 1 aromatic heterocycles. The fourth-order valence-corrected chi connectivity index (χ4v) is 1.71. The van der Waals surface area contributed by atoms with Crippen LogP contribution >= 0.6 is 0 Å². The monoisotopic (exact) mass is 311 g/mol. The molecule has 1 aromatic carbocycles. The number of hydrogen-bond acceptors (Lipinski definition) is 8. The van der Waals surface area contributed by atoms with Gasteiger partial charge < -0.3 is 10.6 Å². The third-order valence-corrected chi connectivity index (χ3v) is 2.82. The number of nitrogens with zero attached hydrogens (tertiary/aromatic N) is 6. The fourth-order valence-electron chi connectivity index (χ4n) is 1.71. The van der Waals surface area contributed by atoms with Crippen LogP contribution in [0.1, 0.15) is 11.4 Å². The molecule has 9 nitrogen and oxygen atoms in total. The number of nitro groups is 1. The molecule has 0 saturated carbocycles. The molecular formula is C14H13N7O2. The number of non-ortho nitro benzene ring substituents is 1. The molecule has 0 aliphatic carbocycles. The van der Waals surface area contributed by atoms with Crippen molar-refractivity contribution >= 4 is 29.2 Å². The van der Waals surface area contributed by atoms with Gasteiger partial charge in [0.25, 0.3) is 5.69 Å². The summed E-state index contributed by atoms with van der Waals surface area (Å²) in [6, 6.07) is 7.78. The highest BCUT2D eigenvalue weighted by atomic mass is 16.6. The molecule has 116 valence electrons. The quantitative estimate of drug-likeness (QED) is 0.509. The van der Waals surface area contributed by atoms with Crippen LogP contribution in [0.3, 0.4) is 0 Å². The van der Waals surface area contributed by atoms with E-state index in [0.29, 0.717) is 11.5 Å². The summed E-state index contributed by atoms with van der Waals surface area (Å²) in [6.45, 7) is 0. The van der Waals surface area contributed by atoms with Gasteiger partial charge in [-0.2, -0.15) is 20.2 Å². The Balaban J connectivity index is 2.43. The number of anilines is 2. The van der Waals surface area contributed by atoms with Gasteiger partial charge in [-0.15, -0.1) is 0 Å². The second-order valence-electron chi connectivity index (χ2n) is 4.73. The summed E-state index contributed by atoms with van der Waals surface area (Å²) >= 11 is 0. The summed E-state index contributed by atoms with van der Waals surface area (Å²) in [6.07, 6.45) is 1.53. The topological polar surface area (TPSA) is 135 Å². The van der Waals surface area contributed by atoms with E-state index >= 15 is 0 Å². The molecule has 9 heteroatoms. The first kappa shape index (κ1) is 15.8. The third-order valence-electron chi connectivity index (χ3n) is 2.82. The Morgan fingerprint density at radius 1 is 1.30 bits per heavy atom. The number of nitrogens with two attached hydrogens (primary N) is 1. The van der Waals surface area contributed by atoms with Crippen LogP contribution in [0.5, 0.6) is 0 Å². The Hall–Kier alpha value is -3.54. The summed E-state index contributed by atoms with van der Waals surface area (Å²) < 4.78 is 0. The molecule has 0 fully saturated rings. The van der Waals surface area contributed by atoms with Gasteiger partial charge in [0.05, 0.1) is 10.5 Å². The van der Waals surface area contributed by atoms with Crippen LogP contribution in [-0.2, 0) is 0 Å². The van der Waals surface area contributed by atoms with Crippen molar-refractivity contribution in [3.8, 4) is 6.07 Å². The average Bonchev–Trinajstić information content (AvgIpc) is 2.52. The van der Waals surface area contributed by atoms with Gasteiger partial charge >= 0.3 is 0 Å². The zero-order valence-corrected chi connectivity index (χ0v) is 12.5. The molecule has 23 heavy (non-hydrogen) atoms. The Labute approximate surface area is 131 Å². The van der Waals surface area contributed by atoms with Gasteiger partial charge in [0, 0.05) is 26.2 Å². The predicted molar refractivity (Wildman–Crippen MR) is 85.1 cm³/mol. The zero-order chi connectivity index (χ0) is 17.0. The van der Waals surface area contributed by atoms with E-state index in [2.05, 4.69) is 15.0 Å². The van der Waals surface area contributed by atoms with Gasteiger partial charge in [-0.25, -0.2) is 0 Å². The molecule has 0 spiro atoms. The van der Waals surface area contributed by atoms with Gasteiger partial charge in [-0.05, 0) is 23.8 Å². The lowest BCUT2D eigenvalue weighted by Gasteiger charge is -2.10. The molecule has 0 aliphatic heterocycles. The molecule has 2 N–H and O–H groups in total. The van der Waals surface area contributed by atoms with Gasteiger partial charge in [0.15, 0.2) is 5.82 Å². The Morgan fingerprint density at radius 3 is 2.48 bits per heavy atom. The summed E-state index contributed by atoms with van der Waals surface area (Å²) in [5, 5.41) is 20.0. The first-order chi connectivity index (χ1) is 10.9. The van der Waals surface area contributed by atoms with Crippen molar-refractivity contribution < 1.29 is 4.92 Å². The van der Waals surface area contributed by atoms with Gasteiger partial charge in [0.1, 0.15) is 6.07 Å². The predicted octanol–water partition coefficient (Wildman–Crippen LogP) is 1.49. The SMILES string of the molecule is CN(C)c1nc(N)nc(/C(C#N)=C/c2ccc([N+](=O)[O-])cc2)n1. The minimum Gasteiger partial charge on any atom is -0.368 e. The number of hydrogen-bond donors (Lipinski definition) is 1. The van der Waals surface area contributed by atoms with Gasteiger partial charge in [0.2, 0.25) is 11.9 Å². The summed E-state index contributed by atoms with van der Waals surface area (Å²) in [4.78, 5) is 23.9. The molecule has 0 amide bonds. The number of nitrogen functional groups attached to an aromatic ring is 1. The molecule has 2 rings (SSSR count). The number of benzene rings is 1. The van der Waals surface area contributed by atoms with E-state index in [9.17, 15) is 15.4 Å². The van der Waals surface area contributed by atoms with Crippen LogP contribution in [0.2, 0.25) is 0 Å². The van der Waals surface area contributed by atoms with Crippen LogP contribution in [0.4, 0.5) is 17.6 Å². The van der Waals surface area contributed by atoms with E-state index in [1.165, 1.54) is 30.3 Å². The first-order valence-corrected chi connectivity index (χ1v) is 6.46. The second-order valence-corrected chi connectivity index (χ2v) is 4.73. The van der Waals surface area contributed by atoms with E-state index in [4.69, 9.17) is 5.73 Å². The van der Waals surface area contributed by atoms with Crippen LogP contribution in [0.25, 0.3) is 11.6 Å². The minimum atomic E-state index is -0.491. The van der Waals surface area contributed by atoms with E-state index in [1.54, 1.807) is 19.0 Å². The highest BCUT2D eigenvalue weighted by Gasteiger charge is 2.11. The Kier molecular flexibility index (Phi) is 4.47. The number of rotatable bonds is 4. The Bertz CT molecular complexity index is 807. The molecule has 0 bridgehead atoms. The lowest BCUT2D eigenvalue weighted by atomic mass is 10.1. The van der Waals surface area contributed by atoms with Crippen molar-refractivity contribution in [2.45, 2.75) is 0 Å². The van der Waals surface area contributed by atoms with Crippen LogP contribution in [0, 0.1) is 21.4 Å². The van der Waals surface area contributed by atoms with Crippen molar-refractivity contribution in [1.29, 1.82) is 5.26 Å². The fraction of sp³-hybridized carbons (Fsp3) is 0.143. The molecule has 0 aliphatic rings. The summed E-state index contributed by atoms with van der Waals surface area (Å²) in [5.41, 5.74) is 6.39. The number of nitriles is 1. The third kappa shape index (κ3) is 3.76. The standard InChI is InChI=1S/C14H13N7O2/c1-20(2)14-18-12(17-13(16)19-14)10(8-15)7-9-3-5-11(6-4-9)21(22)23/h3-7H,1-2H3,(H2,16,17,18,19)/b10-7+.